The van der Waals surface area contributed by atoms with Crippen LogP contribution in [0.5, 0.6) is 0 Å². The van der Waals surface area contributed by atoms with E-state index in [0.717, 1.165) is 29.9 Å². The van der Waals surface area contributed by atoms with Crippen molar-refractivity contribution < 1.29 is 4.42 Å². The van der Waals surface area contributed by atoms with E-state index in [1.807, 2.05) is 11.8 Å². The van der Waals surface area contributed by atoms with Crippen LogP contribution in [0, 0.1) is 13.8 Å². The van der Waals surface area contributed by atoms with Crippen LogP contribution >= 0.6 is 11.8 Å². The first-order valence-electron chi connectivity index (χ1n) is 7.22. The molecule has 0 saturated heterocycles. The Hall–Kier alpha value is -1.19. The highest BCUT2D eigenvalue weighted by atomic mass is 32.2. The van der Waals surface area contributed by atoms with Gasteiger partial charge in [0, 0.05) is 10.9 Å². The molecular formula is C17H21NOS. The highest BCUT2D eigenvalue weighted by Gasteiger charge is 2.20. The van der Waals surface area contributed by atoms with Crippen molar-refractivity contribution in [1.82, 2.24) is 5.32 Å². The molecule has 0 amide bonds. The smallest absolute Gasteiger partial charge is 0.118 e. The van der Waals surface area contributed by atoms with Gasteiger partial charge in [-0.3, -0.25) is 0 Å². The third-order valence-electron chi connectivity index (χ3n) is 3.57. The van der Waals surface area contributed by atoms with Crippen molar-refractivity contribution in [3.05, 3.63) is 53.0 Å². The van der Waals surface area contributed by atoms with Crippen molar-refractivity contribution in [2.24, 2.45) is 0 Å². The Morgan fingerprint density at radius 3 is 2.75 bits per heavy atom. The summed E-state index contributed by atoms with van der Waals surface area (Å²) in [5.41, 5.74) is 2.65. The van der Waals surface area contributed by atoms with E-state index >= 15 is 0 Å². The molecule has 106 valence electrons. The van der Waals surface area contributed by atoms with Crippen LogP contribution in [0.3, 0.4) is 0 Å². The van der Waals surface area contributed by atoms with Gasteiger partial charge in [0.05, 0.1) is 12.3 Å². The van der Waals surface area contributed by atoms with Gasteiger partial charge in [-0.2, -0.15) is 0 Å². The van der Waals surface area contributed by atoms with Gasteiger partial charge in [-0.25, -0.2) is 0 Å². The summed E-state index contributed by atoms with van der Waals surface area (Å²) in [5, 5.41) is 3.48. The molecule has 1 aromatic carbocycles. The van der Waals surface area contributed by atoms with E-state index in [0.29, 0.717) is 0 Å². The van der Waals surface area contributed by atoms with Gasteiger partial charge in [-0.1, -0.05) is 17.7 Å². The summed E-state index contributed by atoms with van der Waals surface area (Å²) in [7, 11) is 0. The molecule has 0 bridgehead atoms. The molecule has 3 heteroatoms. The molecule has 3 rings (SSSR count). The zero-order valence-electron chi connectivity index (χ0n) is 12.1. The maximum atomic E-state index is 5.87. The summed E-state index contributed by atoms with van der Waals surface area (Å²) in [6.45, 7) is 5.16. The minimum Gasteiger partial charge on any atom is -0.464 e. The maximum absolute atomic E-state index is 5.87. The predicted octanol–water partition coefficient (Wildman–Crippen LogP) is 4.44. The van der Waals surface area contributed by atoms with Crippen LogP contribution in [0.4, 0.5) is 0 Å². The minimum atomic E-state index is 0.730. The Morgan fingerprint density at radius 1 is 1.15 bits per heavy atom. The van der Waals surface area contributed by atoms with Gasteiger partial charge >= 0.3 is 0 Å². The molecule has 1 saturated carbocycles. The number of hydrogen-bond acceptors (Lipinski definition) is 3. The summed E-state index contributed by atoms with van der Waals surface area (Å²) in [5.74, 6) is 3.00. The molecule has 1 aromatic heterocycles. The molecular weight excluding hydrogens is 266 g/mol. The van der Waals surface area contributed by atoms with Crippen molar-refractivity contribution >= 4 is 11.8 Å². The lowest BCUT2D eigenvalue weighted by atomic mass is 10.2. The molecule has 1 N–H and O–H groups in total. The second-order valence-corrected chi connectivity index (χ2v) is 6.60. The number of thioether (sulfide) groups is 1. The third-order valence-corrected chi connectivity index (χ3v) is 4.75. The van der Waals surface area contributed by atoms with Crippen molar-refractivity contribution in [3.8, 4) is 0 Å². The summed E-state index contributed by atoms with van der Waals surface area (Å²) >= 11 is 1.85. The Kier molecular flexibility index (Phi) is 4.18. The molecule has 0 atom stereocenters. The Morgan fingerprint density at radius 2 is 1.95 bits per heavy atom. The van der Waals surface area contributed by atoms with Crippen molar-refractivity contribution in [1.29, 1.82) is 0 Å². The Labute approximate surface area is 125 Å². The van der Waals surface area contributed by atoms with Gasteiger partial charge < -0.3 is 9.73 Å². The molecule has 0 radical (unpaired) electrons. The largest absolute Gasteiger partial charge is 0.464 e. The average molecular weight is 287 g/mol. The number of furan rings is 1. The topological polar surface area (TPSA) is 25.2 Å². The molecule has 1 aliphatic rings. The SMILES string of the molecule is Cc1ccc(C)c(SCc2ccc(CNC3CC3)o2)c1. The van der Waals surface area contributed by atoms with Crippen LogP contribution < -0.4 is 5.32 Å². The summed E-state index contributed by atoms with van der Waals surface area (Å²) in [6.07, 6.45) is 2.63. The number of hydrogen-bond donors (Lipinski definition) is 1. The fraction of sp³-hybridized carbons (Fsp3) is 0.412. The Bertz CT molecular complexity index is 586. The van der Waals surface area contributed by atoms with Crippen LogP contribution in [-0.2, 0) is 12.3 Å². The standard InChI is InChI=1S/C17H21NOS/c1-12-3-4-13(2)17(9-12)20-11-16-8-7-15(19-16)10-18-14-5-6-14/h3-4,7-9,14,18H,5-6,10-11H2,1-2H3. The fourth-order valence-electron chi connectivity index (χ4n) is 2.14. The van der Waals surface area contributed by atoms with E-state index in [2.05, 4.69) is 49.5 Å². The first-order chi connectivity index (χ1) is 9.70. The zero-order chi connectivity index (χ0) is 13.9. The number of rotatable bonds is 6. The molecule has 1 aliphatic carbocycles. The van der Waals surface area contributed by atoms with Gasteiger partial charge in [-0.15, -0.1) is 11.8 Å². The first kappa shape index (κ1) is 13.8. The Balaban J connectivity index is 1.55. The van der Waals surface area contributed by atoms with Gasteiger partial charge in [0.1, 0.15) is 11.5 Å². The second kappa shape index (κ2) is 6.06. The van der Waals surface area contributed by atoms with E-state index in [4.69, 9.17) is 4.42 Å². The van der Waals surface area contributed by atoms with Crippen LogP contribution in [0.1, 0.15) is 35.5 Å². The van der Waals surface area contributed by atoms with E-state index < -0.39 is 0 Å². The van der Waals surface area contributed by atoms with Gasteiger partial charge in [0.25, 0.3) is 0 Å². The van der Waals surface area contributed by atoms with Gasteiger partial charge in [-0.05, 0) is 50.5 Å². The molecule has 0 spiro atoms. The van der Waals surface area contributed by atoms with Crippen molar-refractivity contribution in [3.63, 3.8) is 0 Å². The van der Waals surface area contributed by atoms with E-state index in [9.17, 15) is 0 Å². The molecule has 2 aromatic rings. The van der Waals surface area contributed by atoms with E-state index in [1.54, 1.807) is 0 Å². The van der Waals surface area contributed by atoms with Crippen LogP contribution in [0.15, 0.2) is 39.6 Å². The highest BCUT2D eigenvalue weighted by Crippen LogP contribution is 2.27. The first-order valence-corrected chi connectivity index (χ1v) is 8.20. The van der Waals surface area contributed by atoms with Crippen LogP contribution in [0.2, 0.25) is 0 Å². The lowest BCUT2D eigenvalue weighted by Gasteiger charge is -2.05. The molecule has 2 nitrogen and oxygen atoms in total. The van der Waals surface area contributed by atoms with Crippen molar-refractivity contribution in [2.75, 3.05) is 0 Å². The quantitative estimate of drug-likeness (QED) is 0.795. The number of nitrogens with one attached hydrogen (secondary N) is 1. The van der Waals surface area contributed by atoms with E-state index in [-0.39, 0.29) is 0 Å². The van der Waals surface area contributed by atoms with Crippen molar-refractivity contribution in [2.45, 2.75) is 49.9 Å². The summed E-state index contributed by atoms with van der Waals surface area (Å²) in [4.78, 5) is 1.35. The lowest BCUT2D eigenvalue weighted by Crippen LogP contribution is -2.14. The van der Waals surface area contributed by atoms with Crippen LogP contribution in [0.25, 0.3) is 0 Å². The molecule has 0 aliphatic heterocycles. The predicted molar refractivity (Wildman–Crippen MR) is 84.0 cm³/mol. The molecule has 20 heavy (non-hydrogen) atoms. The van der Waals surface area contributed by atoms with Gasteiger partial charge in [0.15, 0.2) is 0 Å². The van der Waals surface area contributed by atoms with E-state index in [1.165, 1.54) is 28.9 Å². The van der Waals surface area contributed by atoms with Crippen LogP contribution in [-0.4, -0.2) is 6.04 Å². The maximum Gasteiger partial charge on any atom is 0.118 e. The highest BCUT2D eigenvalue weighted by molar-refractivity contribution is 7.98. The second-order valence-electron chi connectivity index (χ2n) is 5.58. The minimum absolute atomic E-state index is 0.730. The number of benzene rings is 1. The molecule has 0 unspecified atom stereocenters. The molecule has 1 heterocycles. The fourth-order valence-corrected chi connectivity index (χ4v) is 3.16. The zero-order valence-corrected chi connectivity index (χ0v) is 12.9. The third kappa shape index (κ3) is 3.68. The molecule has 1 fully saturated rings. The summed E-state index contributed by atoms with van der Waals surface area (Å²) in [6, 6.07) is 11.5. The average Bonchev–Trinajstić information content (AvgIpc) is 3.16. The monoisotopic (exact) mass is 287 g/mol. The lowest BCUT2D eigenvalue weighted by molar-refractivity contribution is 0.458. The van der Waals surface area contributed by atoms with Gasteiger partial charge in [0.2, 0.25) is 0 Å². The number of aryl methyl sites for hydroxylation is 2. The summed E-state index contributed by atoms with van der Waals surface area (Å²) < 4.78 is 5.87. The normalized spacial score (nSPS) is 14.7.